The van der Waals surface area contributed by atoms with Crippen molar-refractivity contribution in [3.8, 4) is 5.75 Å². The number of ether oxygens (including phenoxy) is 1. The number of carbonyl (C=O) groups excluding carboxylic acids is 1. The van der Waals surface area contributed by atoms with Crippen LogP contribution in [0, 0.1) is 0 Å². The fraction of sp³-hybridized carbons (Fsp3) is 0.417. The smallest absolute Gasteiger partial charge is 0.257 e. The molecule has 1 aliphatic rings. The number of rotatable bonds is 2. The topological polar surface area (TPSA) is 49.8 Å². The summed E-state index contributed by atoms with van der Waals surface area (Å²) in [4.78, 5) is 13.9. The van der Waals surface area contributed by atoms with Gasteiger partial charge in [0.2, 0.25) is 0 Å². The molecule has 0 spiro atoms. The number of hydrogen-bond donors (Lipinski definition) is 1. The Morgan fingerprint density at radius 3 is 2.94 bits per heavy atom. The van der Waals surface area contributed by atoms with Crippen LogP contribution < -0.4 is 4.74 Å². The van der Waals surface area contributed by atoms with Gasteiger partial charge in [-0.25, -0.2) is 0 Å². The van der Waals surface area contributed by atoms with E-state index in [1.54, 1.807) is 17.0 Å². The normalized spacial score (nSPS) is 19.5. The standard InChI is InChI=1S/C12H14BrNO3/c1-17-11-6-8(13)2-3-10(11)12(16)14-5-4-9(15)7-14/h2-3,6,9,15H,4-5,7H2,1H3. The third-order valence-electron chi connectivity index (χ3n) is 2.84. The van der Waals surface area contributed by atoms with Gasteiger partial charge in [-0.15, -0.1) is 0 Å². The summed E-state index contributed by atoms with van der Waals surface area (Å²) in [5.41, 5.74) is 0.532. The quantitative estimate of drug-likeness (QED) is 0.904. The number of methoxy groups -OCH3 is 1. The van der Waals surface area contributed by atoms with Crippen LogP contribution >= 0.6 is 15.9 Å². The van der Waals surface area contributed by atoms with Crippen LogP contribution in [-0.2, 0) is 0 Å². The number of benzene rings is 1. The molecule has 1 atom stereocenters. The van der Waals surface area contributed by atoms with Crippen LogP contribution in [0.3, 0.4) is 0 Å². The molecular weight excluding hydrogens is 286 g/mol. The monoisotopic (exact) mass is 299 g/mol. The Bertz CT molecular complexity index is 436. The summed E-state index contributed by atoms with van der Waals surface area (Å²) in [5, 5.41) is 9.43. The third kappa shape index (κ3) is 2.61. The molecule has 0 aromatic heterocycles. The number of carbonyl (C=O) groups is 1. The van der Waals surface area contributed by atoms with Crippen molar-refractivity contribution in [2.45, 2.75) is 12.5 Å². The predicted molar refractivity (Wildman–Crippen MR) is 67.2 cm³/mol. The lowest BCUT2D eigenvalue weighted by Gasteiger charge is -2.17. The molecule has 2 rings (SSSR count). The van der Waals surface area contributed by atoms with Gasteiger partial charge < -0.3 is 14.7 Å². The zero-order chi connectivity index (χ0) is 12.4. The van der Waals surface area contributed by atoms with Crippen molar-refractivity contribution in [1.29, 1.82) is 0 Å². The maximum Gasteiger partial charge on any atom is 0.257 e. The molecule has 0 saturated carbocycles. The van der Waals surface area contributed by atoms with Gasteiger partial charge in [-0.1, -0.05) is 15.9 Å². The number of aliphatic hydroxyl groups is 1. The van der Waals surface area contributed by atoms with E-state index >= 15 is 0 Å². The summed E-state index contributed by atoms with van der Waals surface area (Å²) in [6.45, 7) is 0.997. The Hall–Kier alpha value is -1.07. The first-order valence-corrected chi connectivity index (χ1v) is 6.22. The van der Waals surface area contributed by atoms with Gasteiger partial charge >= 0.3 is 0 Å². The predicted octanol–water partition coefficient (Wildman–Crippen LogP) is 1.66. The molecule has 1 unspecified atom stereocenters. The summed E-state index contributed by atoms with van der Waals surface area (Å²) in [5.74, 6) is 0.455. The van der Waals surface area contributed by atoms with Crippen LogP contribution in [0.25, 0.3) is 0 Å². The van der Waals surface area contributed by atoms with E-state index in [-0.39, 0.29) is 5.91 Å². The molecule has 0 aliphatic carbocycles. The lowest BCUT2D eigenvalue weighted by Crippen LogP contribution is -2.29. The van der Waals surface area contributed by atoms with E-state index in [4.69, 9.17) is 4.74 Å². The van der Waals surface area contributed by atoms with Crippen molar-refractivity contribution in [2.24, 2.45) is 0 Å². The number of hydrogen-bond acceptors (Lipinski definition) is 3. The van der Waals surface area contributed by atoms with Crippen LogP contribution in [0.1, 0.15) is 16.8 Å². The highest BCUT2D eigenvalue weighted by atomic mass is 79.9. The maximum atomic E-state index is 12.2. The number of β-amino-alcohol motifs (C(OH)–C–C–N with tert-alkyl or cyclic N) is 1. The van der Waals surface area contributed by atoms with Gasteiger partial charge in [-0.05, 0) is 24.6 Å². The highest BCUT2D eigenvalue weighted by Gasteiger charge is 2.27. The zero-order valence-corrected chi connectivity index (χ0v) is 11.1. The fourth-order valence-corrected chi connectivity index (χ4v) is 2.28. The van der Waals surface area contributed by atoms with Crippen molar-refractivity contribution < 1.29 is 14.6 Å². The molecule has 17 heavy (non-hydrogen) atoms. The van der Waals surface area contributed by atoms with Crippen molar-refractivity contribution in [3.05, 3.63) is 28.2 Å². The van der Waals surface area contributed by atoms with E-state index in [9.17, 15) is 9.90 Å². The molecule has 1 amide bonds. The van der Waals surface area contributed by atoms with Crippen molar-refractivity contribution in [1.82, 2.24) is 4.90 Å². The Labute approximate surface area is 108 Å². The Morgan fingerprint density at radius 2 is 2.35 bits per heavy atom. The van der Waals surface area contributed by atoms with Gasteiger partial charge in [-0.2, -0.15) is 0 Å². The third-order valence-corrected chi connectivity index (χ3v) is 3.34. The highest BCUT2D eigenvalue weighted by Crippen LogP contribution is 2.25. The Balaban J connectivity index is 2.24. The molecule has 1 saturated heterocycles. The van der Waals surface area contributed by atoms with E-state index in [0.29, 0.717) is 30.8 Å². The van der Waals surface area contributed by atoms with Crippen LogP contribution in [0.15, 0.2) is 22.7 Å². The number of amides is 1. The average molecular weight is 300 g/mol. The lowest BCUT2D eigenvalue weighted by atomic mass is 10.2. The van der Waals surface area contributed by atoms with Crippen molar-refractivity contribution in [2.75, 3.05) is 20.2 Å². The average Bonchev–Trinajstić information content (AvgIpc) is 2.75. The summed E-state index contributed by atoms with van der Waals surface area (Å²) in [6.07, 6.45) is 0.241. The second-order valence-electron chi connectivity index (χ2n) is 4.04. The largest absolute Gasteiger partial charge is 0.496 e. The molecule has 4 nitrogen and oxygen atoms in total. The minimum atomic E-state index is -0.402. The number of aliphatic hydroxyl groups excluding tert-OH is 1. The fourth-order valence-electron chi connectivity index (χ4n) is 1.94. The van der Waals surface area contributed by atoms with E-state index < -0.39 is 6.10 Å². The molecule has 1 aliphatic heterocycles. The van der Waals surface area contributed by atoms with Crippen molar-refractivity contribution >= 4 is 21.8 Å². The zero-order valence-electron chi connectivity index (χ0n) is 9.52. The molecule has 0 radical (unpaired) electrons. The van der Waals surface area contributed by atoms with Gasteiger partial charge in [-0.3, -0.25) is 4.79 Å². The number of nitrogens with zero attached hydrogens (tertiary/aromatic N) is 1. The van der Waals surface area contributed by atoms with Crippen LogP contribution in [0.4, 0.5) is 0 Å². The molecule has 92 valence electrons. The van der Waals surface area contributed by atoms with E-state index in [1.807, 2.05) is 6.07 Å². The van der Waals surface area contributed by atoms with Crippen LogP contribution in [0.2, 0.25) is 0 Å². The first kappa shape index (κ1) is 12.4. The molecule has 1 heterocycles. The van der Waals surface area contributed by atoms with E-state index in [1.165, 1.54) is 7.11 Å². The first-order chi connectivity index (χ1) is 8.11. The molecular formula is C12H14BrNO3. The Morgan fingerprint density at radius 1 is 1.59 bits per heavy atom. The van der Waals surface area contributed by atoms with Gasteiger partial charge in [0.05, 0.1) is 18.8 Å². The summed E-state index contributed by atoms with van der Waals surface area (Å²) in [6, 6.07) is 5.30. The van der Waals surface area contributed by atoms with Gasteiger partial charge in [0.15, 0.2) is 0 Å². The van der Waals surface area contributed by atoms with E-state index in [0.717, 1.165) is 4.47 Å². The molecule has 0 bridgehead atoms. The van der Waals surface area contributed by atoms with Gasteiger partial charge in [0.1, 0.15) is 5.75 Å². The first-order valence-electron chi connectivity index (χ1n) is 5.42. The second-order valence-corrected chi connectivity index (χ2v) is 4.95. The number of likely N-dealkylation sites (tertiary alicyclic amines) is 1. The van der Waals surface area contributed by atoms with Crippen molar-refractivity contribution in [3.63, 3.8) is 0 Å². The molecule has 1 aromatic rings. The van der Waals surface area contributed by atoms with Crippen LogP contribution in [0.5, 0.6) is 5.75 Å². The SMILES string of the molecule is COc1cc(Br)ccc1C(=O)N1CCC(O)C1. The minimum Gasteiger partial charge on any atom is -0.496 e. The molecule has 5 heteroatoms. The van der Waals surface area contributed by atoms with Crippen LogP contribution in [-0.4, -0.2) is 42.2 Å². The summed E-state index contributed by atoms with van der Waals surface area (Å²) < 4.78 is 6.06. The lowest BCUT2D eigenvalue weighted by molar-refractivity contribution is 0.0761. The van der Waals surface area contributed by atoms with Gasteiger partial charge in [0, 0.05) is 17.6 Å². The molecule has 1 fully saturated rings. The van der Waals surface area contributed by atoms with E-state index in [2.05, 4.69) is 15.9 Å². The highest BCUT2D eigenvalue weighted by molar-refractivity contribution is 9.10. The molecule has 1 N–H and O–H groups in total. The van der Waals surface area contributed by atoms with Gasteiger partial charge in [0.25, 0.3) is 5.91 Å². The summed E-state index contributed by atoms with van der Waals surface area (Å²) >= 11 is 3.33. The summed E-state index contributed by atoms with van der Waals surface area (Å²) in [7, 11) is 1.54. The molecule has 1 aromatic carbocycles. The second kappa shape index (κ2) is 5.06. The maximum absolute atomic E-state index is 12.2. The minimum absolute atomic E-state index is 0.0918. The Kier molecular flexibility index (Phi) is 3.69. The number of halogens is 1.